The molecule has 0 saturated heterocycles. The summed E-state index contributed by atoms with van der Waals surface area (Å²) in [6, 6.07) is 0. The molecule has 1 unspecified atom stereocenters. The summed E-state index contributed by atoms with van der Waals surface area (Å²) in [6.07, 6.45) is 16.7. The first kappa shape index (κ1) is 14.4. The smallest absolute Gasteiger partial charge is 0.0243 e. The highest BCUT2D eigenvalue weighted by atomic mass is 14.5. The summed E-state index contributed by atoms with van der Waals surface area (Å²) in [6.45, 7) is 7.40. The fourth-order valence-electron chi connectivity index (χ4n) is 5.13. The van der Waals surface area contributed by atoms with Crippen LogP contribution in [0.25, 0.3) is 0 Å². The number of rotatable bonds is 4. The Morgan fingerprint density at radius 3 is 1.94 bits per heavy atom. The SMILES string of the molecule is CC(C)CC(C)C1(C2CCCCC2)CCCCC1. The van der Waals surface area contributed by atoms with Crippen molar-refractivity contribution < 1.29 is 0 Å². The molecule has 0 spiro atoms. The molecular weight excluding hydrogens is 216 g/mol. The van der Waals surface area contributed by atoms with Crippen LogP contribution in [0.5, 0.6) is 0 Å². The lowest BCUT2D eigenvalue weighted by Gasteiger charge is -2.50. The highest BCUT2D eigenvalue weighted by Gasteiger charge is 2.43. The highest BCUT2D eigenvalue weighted by molar-refractivity contribution is 4.94. The molecule has 0 radical (unpaired) electrons. The van der Waals surface area contributed by atoms with Crippen molar-refractivity contribution in [1.29, 1.82) is 0 Å². The van der Waals surface area contributed by atoms with Gasteiger partial charge in [0.05, 0.1) is 0 Å². The fraction of sp³-hybridized carbons (Fsp3) is 1.00. The van der Waals surface area contributed by atoms with Crippen molar-refractivity contribution in [3.8, 4) is 0 Å². The fourth-order valence-corrected chi connectivity index (χ4v) is 5.13. The molecule has 0 amide bonds. The summed E-state index contributed by atoms with van der Waals surface area (Å²) in [7, 11) is 0. The minimum absolute atomic E-state index is 0.739. The molecule has 0 bridgehead atoms. The molecule has 2 rings (SSSR count). The van der Waals surface area contributed by atoms with Crippen LogP contribution in [0.3, 0.4) is 0 Å². The number of hydrogen-bond acceptors (Lipinski definition) is 0. The average Bonchev–Trinajstić information content (AvgIpc) is 2.40. The Morgan fingerprint density at radius 2 is 1.39 bits per heavy atom. The van der Waals surface area contributed by atoms with Crippen LogP contribution < -0.4 is 0 Å². The Morgan fingerprint density at radius 1 is 0.833 bits per heavy atom. The van der Waals surface area contributed by atoms with Crippen LogP contribution >= 0.6 is 0 Å². The lowest BCUT2D eigenvalue weighted by atomic mass is 9.55. The van der Waals surface area contributed by atoms with E-state index in [1.165, 1.54) is 44.9 Å². The van der Waals surface area contributed by atoms with Gasteiger partial charge in [-0.15, -0.1) is 0 Å². The van der Waals surface area contributed by atoms with Gasteiger partial charge in [0.2, 0.25) is 0 Å². The van der Waals surface area contributed by atoms with Crippen molar-refractivity contribution in [1.82, 2.24) is 0 Å². The maximum Gasteiger partial charge on any atom is -0.0243 e. The molecule has 2 saturated carbocycles. The predicted octanol–water partition coefficient (Wildman–Crippen LogP) is 6.20. The lowest BCUT2D eigenvalue weighted by Crippen LogP contribution is -2.40. The van der Waals surface area contributed by atoms with Gasteiger partial charge in [0, 0.05) is 0 Å². The second-order valence-electron chi connectivity index (χ2n) is 7.66. The van der Waals surface area contributed by atoms with E-state index < -0.39 is 0 Å². The van der Waals surface area contributed by atoms with Gasteiger partial charge in [0.15, 0.2) is 0 Å². The summed E-state index contributed by atoms with van der Waals surface area (Å²) >= 11 is 0. The third-order valence-corrected chi connectivity index (χ3v) is 6.01. The van der Waals surface area contributed by atoms with Crippen LogP contribution in [-0.4, -0.2) is 0 Å². The van der Waals surface area contributed by atoms with Crippen molar-refractivity contribution in [2.75, 3.05) is 0 Å². The Labute approximate surface area is 115 Å². The molecule has 0 aliphatic heterocycles. The molecule has 0 N–H and O–H groups in total. The molecule has 1 atom stereocenters. The minimum Gasteiger partial charge on any atom is -0.0628 e. The molecule has 0 heteroatoms. The maximum absolute atomic E-state index is 2.58. The monoisotopic (exact) mass is 250 g/mol. The highest BCUT2D eigenvalue weighted by Crippen LogP contribution is 2.54. The van der Waals surface area contributed by atoms with Gasteiger partial charge < -0.3 is 0 Å². The molecule has 18 heavy (non-hydrogen) atoms. The zero-order valence-electron chi connectivity index (χ0n) is 13.0. The first-order chi connectivity index (χ1) is 8.65. The van der Waals surface area contributed by atoms with Crippen LogP contribution in [0, 0.1) is 23.2 Å². The Hall–Kier alpha value is 0. The van der Waals surface area contributed by atoms with Gasteiger partial charge in [-0.1, -0.05) is 59.3 Å². The standard InChI is InChI=1S/C18H34/c1-15(2)14-16(3)18(12-8-5-9-13-18)17-10-6-4-7-11-17/h15-17H,4-14H2,1-3H3. The quantitative estimate of drug-likeness (QED) is 0.557. The molecule has 0 aromatic carbocycles. The van der Waals surface area contributed by atoms with Gasteiger partial charge in [-0.25, -0.2) is 0 Å². The van der Waals surface area contributed by atoms with Gasteiger partial charge in [-0.05, 0) is 55.3 Å². The van der Waals surface area contributed by atoms with Crippen LogP contribution in [0.1, 0.15) is 91.4 Å². The molecule has 2 fully saturated rings. The zero-order chi connectivity index (χ0) is 13.0. The van der Waals surface area contributed by atoms with E-state index in [0.717, 1.165) is 23.2 Å². The Balaban J connectivity index is 2.10. The third-order valence-electron chi connectivity index (χ3n) is 6.01. The minimum atomic E-state index is 0.739. The van der Waals surface area contributed by atoms with E-state index in [0.29, 0.717) is 0 Å². The lowest BCUT2D eigenvalue weighted by molar-refractivity contribution is 0.00286. The first-order valence-electron chi connectivity index (χ1n) is 8.65. The second kappa shape index (κ2) is 6.44. The van der Waals surface area contributed by atoms with Crippen molar-refractivity contribution in [3.63, 3.8) is 0 Å². The molecule has 0 nitrogen and oxygen atoms in total. The van der Waals surface area contributed by atoms with Gasteiger partial charge in [-0.3, -0.25) is 0 Å². The van der Waals surface area contributed by atoms with Gasteiger partial charge in [0.1, 0.15) is 0 Å². The average molecular weight is 250 g/mol. The maximum atomic E-state index is 2.58. The predicted molar refractivity (Wildman–Crippen MR) is 80.7 cm³/mol. The van der Waals surface area contributed by atoms with Crippen LogP contribution in [-0.2, 0) is 0 Å². The van der Waals surface area contributed by atoms with Gasteiger partial charge >= 0.3 is 0 Å². The zero-order valence-corrected chi connectivity index (χ0v) is 13.0. The summed E-state index contributed by atoms with van der Waals surface area (Å²) in [5.74, 6) is 2.91. The topological polar surface area (TPSA) is 0 Å². The molecule has 0 aromatic heterocycles. The van der Waals surface area contributed by atoms with Crippen LogP contribution in [0.2, 0.25) is 0 Å². The van der Waals surface area contributed by atoms with Crippen LogP contribution in [0.15, 0.2) is 0 Å². The molecule has 0 aromatic rings. The molecule has 2 aliphatic carbocycles. The Kier molecular flexibility index (Phi) is 5.15. The molecule has 2 aliphatic rings. The van der Waals surface area contributed by atoms with E-state index in [4.69, 9.17) is 0 Å². The largest absolute Gasteiger partial charge is 0.0628 e. The van der Waals surface area contributed by atoms with Crippen molar-refractivity contribution in [2.24, 2.45) is 23.2 Å². The summed E-state index contributed by atoms with van der Waals surface area (Å²) in [5.41, 5.74) is 0.739. The Bertz CT molecular complexity index is 228. The van der Waals surface area contributed by atoms with E-state index in [2.05, 4.69) is 20.8 Å². The third kappa shape index (κ3) is 3.11. The summed E-state index contributed by atoms with van der Waals surface area (Å²) in [5, 5.41) is 0. The van der Waals surface area contributed by atoms with Crippen LogP contribution in [0.4, 0.5) is 0 Å². The second-order valence-corrected chi connectivity index (χ2v) is 7.66. The summed E-state index contributed by atoms with van der Waals surface area (Å²) in [4.78, 5) is 0. The van der Waals surface area contributed by atoms with Crippen molar-refractivity contribution in [2.45, 2.75) is 91.4 Å². The molecular formula is C18H34. The number of hydrogen-bond donors (Lipinski definition) is 0. The summed E-state index contributed by atoms with van der Waals surface area (Å²) < 4.78 is 0. The van der Waals surface area contributed by atoms with E-state index in [-0.39, 0.29) is 0 Å². The van der Waals surface area contributed by atoms with Crippen molar-refractivity contribution in [3.05, 3.63) is 0 Å². The van der Waals surface area contributed by atoms with E-state index in [9.17, 15) is 0 Å². The molecule has 106 valence electrons. The van der Waals surface area contributed by atoms with Crippen molar-refractivity contribution >= 4 is 0 Å². The van der Waals surface area contributed by atoms with Gasteiger partial charge in [0.25, 0.3) is 0 Å². The van der Waals surface area contributed by atoms with E-state index in [1.54, 1.807) is 25.7 Å². The first-order valence-corrected chi connectivity index (χ1v) is 8.65. The van der Waals surface area contributed by atoms with E-state index in [1.807, 2.05) is 0 Å². The molecule has 0 heterocycles. The van der Waals surface area contributed by atoms with Gasteiger partial charge in [-0.2, -0.15) is 0 Å². The normalized spacial score (nSPS) is 27.3. The van der Waals surface area contributed by atoms with E-state index >= 15 is 0 Å².